The number of ether oxygens (including phenoxy) is 1. The van der Waals surface area contributed by atoms with Crippen LogP contribution in [-0.2, 0) is 4.74 Å². The smallest absolute Gasteiger partial charge is 0.101 e. The molecule has 1 aromatic carbocycles. The Balaban J connectivity index is 2.47. The summed E-state index contributed by atoms with van der Waals surface area (Å²) in [6.45, 7) is 6.54. The van der Waals surface area contributed by atoms with E-state index in [2.05, 4.69) is 24.8 Å². The van der Waals surface area contributed by atoms with Gasteiger partial charge in [0.25, 0.3) is 0 Å². The average molecular weight is 232 g/mol. The van der Waals surface area contributed by atoms with Gasteiger partial charge in [0.2, 0.25) is 0 Å². The third-order valence-electron chi connectivity index (χ3n) is 2.46. The van der Waals surface area contributed by atoms with Gasteiger partial charge in [-0.15, -0.1) is 0 Å². The zero-order chi connectivity index (χ0) is 12.7. The number of likely N-dealkylation sites (N-methyl/N-ethyl adjacent to an activating group) is 1. The molecule has 0 saturated carbocycles. The molecule has 0 spiro atoms. The first-order valence-electron chi connectivity index (χ1n) is 5.93. The SMILES string of the molecule is CC(C)COCCN(C)c1ccccc1C#N. The highest BCUT2D eigenvalue weighted by molar-refractivity contribution is 5.58. The van der Waals surface area contributed by atoms with Crippen molar-refractivity contribution >= 4 is 5.69 Å². The van der Waals surface area contributed by atoms with Crippen molar-refractivity contribution in [3.05, 3.63) is 29.8 Å². The largest absolute Gasteiger partial charge is 0.379 e. The zero-order valence-electron chi connectivity index (χ0n) is 10.8. The van der Waals surface area contributed by atoms with Crippen LogP contribution in [0.1, 0.15) is 19.4 Å². The van der Waals surface area contributed by atoms with Crippen molar-refractivity contribution in [2.75, 3.05) is 31.7 Å². The fourth-order valence-corrected chi connectivity index (χ4v) is 1.54. The number of nitriles is 1. The highest BCUT2D eigenvalue weighted by Gasteiger charge is 2.05. The number of anilines is 1. The highest BCUT2D eigenvalue weighted by Crippen LogP contribution is 2.17. The summed E-state index contributed by atoms with van der Waals surface area (Å²) in [6.07, 6.45) is 0. The molecule has 1 rings (SSSR count). The van der Waals surface area contributed by atoms with Crippen LogP contribution in [0.5, 0.6) is 0 Å². The summed E-state index contributed by atoms with van der Waals surface area (Å²) in [7, 11) is 1.98. The second-order valence-corrected chi connectivity index (χ2v) is 4.52. The normalized spacial score (nSPS) is 10.3. The Bertz CT molecular complexity index is 382. The van der Waals surface area contributed by atoms with E-state index in [-0.39, 0.29) is 0 Å². The van der Waals surface area contributed by atoms with E-state index in [9.17, 15) is 0 Å². The van der Waals surface area contributed by atoms with E-state index in [1.807, 2.05) is 31.3 Å². The van der Waals surface area contributed by atoms with Crippen LogP contribution in [0.15, 0.2) is 24.3 Å². The Hall–Kier alpha value is -1.53. The summed E-state index contributed by atoms with van der Waals surface area (Å²) in [6, 6.07) is 9.82. The van der Waals surface area contributed by atoms with Gasteiger partial charge in [-0.25, -0.2) is 0 Å². The van der Waals surface area contributed by atoms with E-state index in [1.54, 1.807) is 0 Å². The van der Waals surface area contributed by atoms with E-state index < -0.39 is 0 Å². The van der Waals surface area contributed by atoms with E-state index in [0.717, 1.165) is 18.8 Å². The topological polar surface area (TPSA) is 36.3 Å². The lowest BCUT2D eigenvalue weighted by Gasteiger charge is -2.20. The lowest BCUT2D eigenvalue weighted by atomic mass is 10.2. The Kier molecular flexibility index (Phi) is 5.51. The van der Waals surface area contributed by atoms with Crippen molar-refractivity contribution in [1.82, 2.24) is 0 Å². The van der Waals surface area contributed by atoms with Gasteiger partial charge in [-0.2, -0.15) is 5.26 Å². The molecule has 0 aliphatic rings. The zero-order valence-corrected chi connectivity index (χ0v) is 10.8. The summed E-state index contributed by atoms with van der Waals surface area (Å²) < 4.78 is 5.54. The first-order valence-corrected chi connectivity index (χ1v) is 5.93. The molecular formula is C14H20N2O. The highest BCUT2D eigenvalue weighted by atomic mass is 16.5. The minimum atomic E-state index is 0.562. The van der Waals surface area contributed by atoms with Gasteiger partial charge < -0.3 is 9.64 Å². The molecule has 0 saturated heterocycles. The Labute approximate surface area is 104 Å². The summed E-state index contributed by atoms with van der Waals surface area (Å²) in [5.74, 6) is 0.562. The molecule has 0 aliphatic carbocycles. The van der Waals surface area contributed by atoms with Gasteiger partial charge in [0, 0.05) is 20.2 Å². The van der Waals surface area contributed by atoms with Gasteiger partial charge in [-0.3, -0.25) is 0 Å². The van der Waals surface area contributed by atoms with Gasteiger partial charge in [0.15, 0.2) is 0 Å². The molecule has 0 aromatic heterocycles. The molecule has 3 nitrogen and oxygen atoms in total. The standard InChI is InChI=1S/C14H20N2O/c1-12(2)11-17-9-8-16(3)14-7-5-4-6-13(14)10-15/h4-7,12H,8-9,11H2,1-3H3. The maximum absolute atomic E-state index is 9.00. The van der Waals surface area contributed by atoms with Crippen LogP contribution in [-0.4, -0.2) is 26.8 Å². The van der Waals surface area contributed by atoms with Crippen LogP contribution in [0.2, 0.25) is 0 Å². The summed E-state index contributed by atoms with van der Waals surface area (Å²) in [4.78, 5) is 2.05. The molecule has 0 bridgehead atoms. The lowest BCUT2D eigenvalue weighted by Crippen LogP contribution is -2.24. The number of rotatable bonds is 6. The molecule has 0 atom stereocenters. The first kappa shape index (κ1) is 13.5. The molecule has 92 valence electrons. The fraction of sp³-hybridized carbons (Fsp3) is 0.500. The van der Waals surface area contributed by atoms with Crippen molar-refractivity contribution in [2.45, 2.75) is 13.8 Å². The Morgan fingerprint density at radius 2 is 2.06 bits per heavy atom. The molecule has 1 aromatic rings. The van der Waals surface area contributed by atoms with Crippen LogP contribution in [0.25, 0.3) is 0 Å². The summed E-state index contributed by atoms with van der Waals surface area (Å²) >= 11 is 0. The number of hydrogen-bond acceptors (Lipinski definition) is 3. The van der Waals surface area contributed by atoms with Crippen molar-refractivity contribution in [2.24, 2.45) is 5.92 Å². The monoisotopic (exact) mass is 232 g/mol. The lowest BCUT2D eigenvalue weighted by molar-refractivity contribution is 0.116. The summed E-state index contributed by atoms with van der Waals surface area (Å²) in [5, 5.41) is 9.00. The molecule has 17 heavy (non-hydrogen) atoms. The van der Waals surface area contributed by atoms with Gasteiger partial charge in [-0.1, -0.05) is 26.0 Å². The van der Waals surface area contributed by atoms with Gasteiger partial charge in [-0.05, 0) is 18.1 Å². The quantitative estimate of drug-likeness (QED) is 0.707. The van der Waals surface area contributed by atoms with E-state index in [4.69, 9.17) is 10.00 Å². The Morgan fingerprint density at radius 3 is 2.71 bits per heavy atom. The van der Waals surface area contributed by atoms with Crippen molar-refractivity contribution < 1.29 is 4.74 Å². The molecule has 0 heterocycles. The van der Waals surface area contributed by atoms with Gasteiger partial charge in [0.05, 0.1) is 17.9 Å². The van der Waals surface area contributed by atoms with Crippen LogP contribution < -0.4 is 4.90 Å². The van der Waals surface area contributed by atoms with Gasteiger partial charge in [0.1, 0.15) is 6.07 Å². The number of benzene rings is 1. The van der Waals surface area contributed by atoms with E-state index in [1.165, 1.54) is 0 Å². The number of hydrogen-bond donors (Lipinski definition) is 0. The predicted molar refractivity (Wildman–Crippen MR) is 70.1 cm³/mol. The maximum atomic E-state index is 9.00. The van der Waals surface area contributed by atoms with E-state index in [0.29, 0.717) is 18.1 Å². The second-order valence-electron chi connectivity index (χ2n) is 4.52. The fourth-order valence-electron chi connectivity index (χ4n) is 1.54. The predicted octanol–water partition coefficient (Wildman–Crippen LogP) is 2.67. The summed E-state index contributed by atoms with van der Waals surface area (Å²) in [5.41, 5.74) is 1.67. The van der Waals surface area contributed by atoms with Crippen LogP contribution >= 0.6 is 0 Å². The first-order chi connectivity index (χ1) is 8.15. The third kappa shape index (κ3) is 4.46. The molecular weight excluding hydrogens is 212 g/mol. The number of para-hydroxylation sites is 1. The average Bonchev–Trinajstić information content (AvgIpc) is 2.34. The minimum absolute atomic E-state index is 0.562. The minimum Gasteiger partial charge on any atom is -0.379 e. The molecule has 0 N–H and O–H groups in total. The second kappa shape index (κ2) is 6.93. The molecule has 3 heteroatoms. The molecule has 0 radical (unpaired) electrons. The van der Waals surface area contributed by atoms with Crippen LogP contribution in [0, 0.1) is 17.2 Å². The number of nitrogens with zero attached hydrogens (tertiary/aromatic N) is 2. The molecule has 0 unspecified atom stereocenters. The molecule has 0 aliphatic heterocycles. The van der Waals surface area contributed by atoms with Crippen molar-refractivity contribution in [3.8, 4) is 6.07 Å². The van der Waals surface area contributed by atoms with Crippen LogP contribution in [0.4, 0.5) is 5.69 Å². The Morgan fingerprint density at radius 1 is 1.35 bits per heavy atom. The maximum Gasteiger partial charge on any atom is 0.101 e. The van der Waals surface area contributed by atoms with Gasteiger partial charge >= 0.3 is 0 Å². The van der Waals surface area contributed by atoms with Crippen molar-refractivity contribution in [3.63, 3.8) is 0 Å². The van der Waals surface area contributed by atoms with Crippen LogP contribution in [0.3, 0.4) is 0 Å². The molecule has 0 fully saturated rings. The van der Waals surface area contributed by atoms with Crippen molar-refractivity contribution in [1.29, 1.82) is 5.26 Å². The molecule has 0 amide bonds. The third-order valence-corrected chi connectivity index (χ3v) is 2.46. The van der Waals surface area contributed by atoms with E-state index >= 15 is 0 Å².